The van der Waals surface area contributed by atoms with E-state index >= 15 is 0 Å². The number of aliphatic hydroxyl groups excluding tert-OH is 1. The van der Waals surface area contributed by atoms with Gasteiger partial charge in [-0.15, -0.1) is 6.42 Å². The Balaban J connectivity index is 3.21. The maximum absolute atomic E-state index is 12.4. The van der Waals surface area contributed by atoms with E-state index in [4.69, 9.17) is 23.1 Å². The first kappa shape index (κ1) is 16.0. The molecule has 0 unspecified atom stereocenters. The molecule has 104 valence electrons. The highest BCUT2D eigenvalue weighted by molar-refractivity contribution is 7.89. The van der Waals surface area contributed by atoms with Crippen LogP contribution in [-0.2, 0) is 16.6 Å². The van der Waals surface area contributed by atoms with Crippen LogP contribution in [0.2, 0.25) is 5.02 Å². The van der Waals surface area contributed by atoms with Crippen molar-refractivity contribution in [2.45, 2.75) is 24.8 Å². The Morgan fingerprint density at radius 3 is 2.68 bits per heavy atom. The molecule has 0 aromatic heterocycles. The van der Waals surface area contributed by atoms with Gasteiger partial charge in [0.1, 0.15) is 0 Å². The number of benzene rings is 1. The molecule has 0 saturated heterocycles. The van der Waals surface area contributed by atoms with E-state index < -0.39 is 10.0 Å². The highest BCUT2D eigenvalue weighted by atomic mass is 35.5. The Kier molecular flexibility index (Phi) is 5.83. The van der Waals surface area contributed by atoms with Crippen molar-refractivity contribution in [3.8, 4) is 12.3 Å². The van der Waals surface area contributed by atoms with Crippen LogP contribution in [0.3, 0.4) is 0 Å². The Labute approximate surface area is 119 Å². The molecule has 1 aromatic carbocycles. The van der Waals surface area contributed by atoms with E-state index in [9.17, 15) is 8.42 Å². The molecule has 0 aliphatic carbocycles. The van der Waals surface area contributed by atoms with Crippen molar-refractivity contribution in [1.29, 1.82) is 0 Å². The lowest BCUT2D eigenvalue weighted by Gasteiger charge is -2.19. The number of halogens is 1. The first-order chi connectivity index (χ1) is 8.97. The number of nitrogens with zero attached hydrogens (tertiary/aromatic N) is 1. The minimum Gasteiger partial charge on any atom is -0.392 e. The van der Waals surface area contributed by atoms with Gasteiger partial charge < -0.3 is 5.11 Å². The lowest BCUT2D eigenvalue weighted by Crippen LogP contribution is -2.32. The molecule has 0 spiro atoms. The number of terminal acetylenes is 1. The molecule has 1 N–H and O–H groups in total. The first-order valence-electron chi connectivity index (χ1n) is 5.80. The van der Waals surface area contributed by atoms with Crippen LogP contribution in [0, 0.1) is 12.3 Å². The fourth-order valence-electron chi connectivity index (χ4n) is 1.62. The predicted octanol–water partition coefficient (Wildman–Crippen LogP) is 1.87. The smallest absolute Gasteiger partial charge is 0.243 e. The van der Waals surface area contributed by atoms with Crippen molar-refractivity contribution < 1.29 is 13.5 Å². The van der Waals surface area contributed by atoms with Crippen LogP contribution in [0.15, 0.2) is 23.1 Å². The average Bonchev–Trinajstić information content (AvgIpc) is 2.38. The van der Waals surface area contributed by atoms with Gasteiger partial charge in [0, 0.05) is 11.6 Å². The van der Waals surface area contributed by atoms with Gasteiger partial charge in [-0.25, -0.2) is 8.42 Å². The summed E-state index contributed by atoms with van der Waals surface area (Å²) in [5.41, 5.74) is 0.375. The summed E-state index contributed by atoms with van der Waals surface area (Å²) in [6.07, 6.45) is 5.87. The summed E-state index contributed by atoms with van der Waals surface area (Å²) in [6, 6.07) is 4.24. The molecule has 0 bridgehead atoms. The fraction of sp³-hybridized carbons (Fsp3) is 0.385. The minimum absolute atomic E-state index is 0.0211. The van der Waals surface area contributed by atoms with Crippen LogP contribution < -0.4 is 0 Å². The average molecular weight is 302 g/mol. The zero-order chi connectivity index (χ0) is 14.5. The summed E-state index contributed by atoms with van der Waals surface area (Å²) in [5.74, 6) is 2.34. The van der Waals surface area contributed by atoms with Crippen LogP contribution in [0.4, 0.5) is 0 Å². The van der Waals surface area contributed by atoms with E-state index in [0.29, 0.717) is 23.6 Å². The summed E-state index contributed by atoms with van der Waals surface area (Å²) < 4.78 is 26.0. The quantitative estimate of drug-likeness (QED) is 0.816. The molecule has 19 heavy (non-hydrogen) atoms. The summed E-state index contributed by atoms with van der Waals surface area (Å²) in [5, 5.41) is 9.46. The Morgan fingerprint density at radius 2 is 2.16 bits per heavy atom. The van der Waals surface area contributed by atoms with Crippen LogP contribution in [0.1, 0.15) is 18.9 Å². The van der Waals surface area contributed by atoms with E-state index in [1.165, 1.54) is 22.5 Å². The van der Waals surface area contributed by atoms with Crippen molar-refractivity contribution in [1.82, 2.24) is 4.31 Å². The number of hydrogen-bond donors (Lipinski definition) is 1. The molecule has 0 heterocycles. The van der Waals surface area contributed by atoms with Gasteiger partial charge in [0.05, 0.1) is 18.0 Å². The topological polar surface area (TPSA) is 57.6 Å². The third-order valence-electron chi connectivity index (χ3n) is 2.57. The number of rotatable bonds is 6. The van der Waals surface area contributed by atoms with Gasteiger partial charge in [-0.1, -0.05) is 24.4 Å². The molecule has 0 aliphatic rings. The number of sulfonamides is 1. The third kappa shape index (κ3) is 3.71. The van der Waals surface area contributed by atoms with E-state index in [0.717, 1.165) is 0 Å². The molecular weight excluding hydrogens is 286 g/mol. The molecule has 0 fully saturated rings. The summed E-state index contributed by atoms with van der Waals surface area (Å²) in [4.78, 5) is 0.0876. The third-order valence-corrected chi connectivity index (χ3v) is 4.78. The zero-order valence-electron chi connectivity index (χ0n) is 10.6. The molecule has 1 rings (SSSR count). The fourth-order valence-corrected chi connectivity index (χ4v) is 3.29. The molecule has 6 heteroatoms. The lowest BCUT2D eigenvalue weighted by molar-refractivity contribution is 0.281. The van der Waals surface area contributed by atoms with Crippen molar-refractivity contribution >= 4 is 21.6 Å². The lowest BCUT2D eigenvalue weighted by atomic mass is 10.2. The maximum Gasteiger partial charge on any atom is 0.243 e. The number of hydrogen-bond acceptors (Lipinski definition) is 3. The highest BCUT2D eigenvalue weighted by Gasteiger charge is 2.23. The van der Waals surface area contributed by atoms with Gasteiger partial charge in [-0.05, 0) is 30.2 Å². The molecule has 1 aromatic rings. The van der Waals surface area contributed by atoms with Gasteiger partial charge in [0.25, 0.3) is 0 Å². The SMILES string of the molecule is C#CCN(CCC)S(=O)(=O)c1ccc(Cl)c(CO)c1. The van der Waals surface area contributed by atoms with Gasteiger partial charge in [0.15, 0.2) is 0 Å². The van der Waals surface area contributed by atoms with E-state index in [2.05, 4.69) is 5.92 Å². The van der Waals surface area contributed by atoms with Crippen LogP contribution in [0.25, 0.3) is 0 Å². The maximum atomic E-state index is 12.4. The minimum atomic E-state index is -3.65. The second-order valence-corrected chi connectivity index (χ2v) is 6.30. The zero-order valence-corrected chi connectivity index (χ0v) is 12.2. The molecule has 0 radical (unpaired) electrons. The van der Waals surface area contributed by atoms with E-state index in [-0.39, 0.29) is 18.0 Å². The summed E-state index contributed by atoms with van der Waals surface area (Å²) in [7, 11) is -3.65. The standard InChI is InChI=1S/C13H16ClNO3S/c1-3-7-15(8-4-2)19(17,18)12-5-6-13(14)11(9-12)10-16/h1,5-6,9,16H,4,7-8,10H2,2H3. The molecular formula is C13H16ClNO3S. The molecule has 0 aliphatic heterocycles. The number of aliphatic hydroxyl groups is 1. The monoisotopic (exact) mass is 301 g/mol. The molecule has 0 saturated carbocycles. The van der Waals surface area contributed by atoms with Crippen LogP contribution in [-0.4, -0.2) is 30.9 Å². The highest BCUT2D eigenvalue weighted by Crippen LogP contribution is 2.23. The van der Waals surface area contributed by atoms with Gasteiger partial charge in [-0.2, -0.15) is 4.31 Å². The second-order valence-electron chi connectivity index (χ2n) is 3.95. The summed E-state index contributed by atoms with van der Waals surface area (Å²) >= 11 is 5.85. The van der Waals surface area contributed by atoms with Crippen molar-refractivity contribution in [2.75, 3.05) is 13.1 Å². The van der Waals surface area contributed by atoms with Crippen LogP contribution in [0.5, 0.6) is 0 Å². The van der Waals surface area contributed by atoms with E-state index in [1.807, 2.05) is 6.92 Å². The second kappa shape index (κ2) is 6.92. The van der Waals surface area contributed by atoms with Crippen molar-refractivity contribution in [3.63, 3.8) is 0 Å². The predicted molar refractivity (Wildman–Crippen MR) is 75.3 cm³/mol. The van der Waals surface area contributed by atoms with Crippen molar-refractivity contribution in [3.05, 3.63) is 28.8 Å². The van der Waals surface area contributed by atoms with Crippen LogP contribution >= 0.6 is 11.6 Å². The largest absolute Gasteiger partial charge is 0.392 e. The van der Waals surface area contributed by atoms with Gasteiger partial charge in [-0.3, -0.25) is 0 Å². The summed E-state index contributed by atoms with van der Waals surface area (Å²) in [6.45, 7) is 1.93. The first-order valence-corrected chi connectivity index (χ1v) is 7.62. The Morgan fingerprint density at radius 1 is 1.47 bits per heavy atom. The Bertz CT molecular complexity index is 578. The Hall–Kier alpha value is -1.06. The molecule has 0 atom stereocenters. The van der Waals surface area contributed by atoms with E-state index in [1.54, 1.807) is 0 Å². The molecule has 0 amide bonds. The molecule has 4 nitrogen and oxygen atoms in total. The van der Waals surface area contributed by atoms with Crippen molar-refractivity contribution in [2.24, 2.45) is 0 Å². The normalized spacial score (nSPS) is 11.5. The van der Waals surface area contributed by atoms with Gasteiger partial charge >= 0.3 is 0 Å². The van der Waals surface area contributed by atoms with Gasteiger partial charge in [0.2, 0.25) is 10.0 Å².